The number of nitrogens with two attached hydrogens (primary N) is 1. The third-order valence-corrected chi connectivity index (χ3v) is 4.37. The highest BCUT2D eigenvalue weighted by atomic mass is 32.2. The van der Waals surface area contributed by atoms with E-state index in [1.165, 1.54) is 12.1 Å². The van der Waals surface area contributed by atoms with E-state index in [-0.39, 0.29) is 18.0 Å². The standard InChI is InChI=1S/C10H17N3O4S2/c1-18(14,15)12-6-3-7-13-19(16,17)10-5-2-4-9(11)8-10/h2,4-5,8,12-13H,3,6-7,11H2,1H3. The summed E-state index contributed by atoms with van der Waals surface area (Å²) in [4.78, 5) is 0.0866. The monoisotopic (exact) mass is 307 g/mol. The Hall–Kier alpha value is -1.16. The molecule has 0 aliphatic heterocycles. The summed E-state index contributed by atoms with van der Waals surface area (Å²) < 4.78 is 49.9. The fraction of sp³-hybridized carbons (Fsp3) is 0.400. The van der Waals surface area contributed by atoms with E-state index >= 15 is 0 Å². The van der Waals surface area contributed by atoms with Crippen molar-refractivity contribution in [1.29, 1.82) is 0 Å². The van der Waals surface area contributed by atoms with Gasteiger partial charge in [-0.1, -0.05) is 6.07 Å². The molecule has 108 valence electrons. The lowest BCUT2D eigenvalue weighted by Crippen LogP contribution is -2.29. The molecule has 0 aliphatic carbocycles. The minimum atomic E-state index is -3.61. The highest BCUT2D eigenvalue weighted by Crippen LogP contribution is 2.12. The summed E-state index contributed by atoms with van der Waals surface area (Å²) >= 11 is 0. The Kier molecular flexibility index (Phi) is 5.29. The molecule has 7 nitrogen and oxygen atoms in total. The Morgan fingerprint density at radius 3 is 2.32 bits per heavy atom. The Morgan fingerprint density at radius 2 is 1.74 bits per heavy atom. The van der Waals surface area contributed by atoms with E-state index in [0.29, 0.717) is 12.1 Å². The normalized spacial score (nSPS) is 12.5. The summed E-state index contributed by atoms with van der Waals surface area (Å²) in [7, 11) is -6.85. The van der Waals surface area contributed by atoms with Crippen LogP contribution in [0.25, 0.3) is 0 Å². The van der Waals surface area contributed by atoms with Crippen LogP contribution in [0.4, 0.5) is 5.69 Å². The molecule has 0 heterocycles. The fourth-order valence-electron chi connectivity index (χ4n) is 1.32. The topological polar surface area (TPSA) is 118 Å². The van der Waals surface area contributed by atoms with E-state index in [4.69, 9.17) is 5.73 Å². The smallest absolute Gasteiger partial charge is 0.240 e. The van der Waals surface area contributed by atoms with Crippen LogP contribution >= 0.6 is 0 Å². The van der Waals surface area contributed by atoms with Gasteiger partial charge in [-0.3, -0.25) is 0 Å². The van der Waals surface area contributed by atoms with Gasteiger partial charge in [0.15, 0.2) is 0 Å². The second-order valence-electron chi connectivity index (χ2n) is 3.99. The molecule has 0 fully saturated rings. The number of nitrogens with one attached hydrogen (secondary N) is 2. The molecule has 0 aromatic heterocycles. The number of nitrogen functional groups attached to an aromatic ring is 1. The maximum atomic E-state index is 11.8. The summed E-state index contributed by atoms with van der Waals surface area (Å²) in [5.41, 5.74) is 5.87. The van der Waals surface area contributed by atoms with E-state index in [1.54, 1.807) is 12.1 Å². The lowest BCUT2D eigenvalue weighted by molar-refractivity contribution is 0.575. The second-order valence-corrected chi connectivity index (χ2v) is 7.59. The predicted octanol–water partition coefficient (Wildman–Crippen LogP) is -0.514. The maximum Gasteiger partial charge on any atom is 0.240 e. The van der Waals surface area contributed by atoms with Crippen LogP contribution in [0.15, 0.2) is 29.2 Å². The summed E-state index contributed by atoms with van der Waals surface area (Å²) in [5, 5.41) is 0. The van der Waals surface area contributed by atoms with Crippen LogP contribution in [-0.2, 0) is 20.0 Å². The van der Waals surface area contributed by atoms with Crippen LogP contribution in [-0.4, -0.2) is 36.2 Å². The van der Waals surface area contributed by atoms with E-state index in [9.17, 15) is 16.8 Å². The molecule has 1 rings (SSSR count). The zero-order chi connectivity index (χ0) is 14.5. The molecule has 0 bridgehead atoms. The molecular weight excluding hydrogens is 290 g/mol. The van der Waals surface area contributed by atoms with Crippen molar-refractivity contribution in [3.63, 3.8) is 0 Å². The average molecular weight is 307 g/mol. The summed E-state index contributed by atoms with van der Waals surface area (Å²) in [5.74, 6) is 0. The van der Waals surface area contributed by atoms with Gasteiger partial charge in [-0.05, 0) is 24.6 Å². The van der Waals surface area contributed by atoms with Gasteiger partial charge in [-0.2, -0.15) is 0 Å². The van der Waals surface area contributed by atoms with Crippen molar-refractivity contribution in [3.05, 3.63) is 24.3 Å². The van der Waals surface area contributed by atoms with Crippen LogP contribution < -0.4 is 15.2 Å². The van der Waals surface area contributed by atoms with Crippen LogP contribution in [0.1, 0.15) is 6.42 Å². The number of rotatable bonds is 7. The minimum absolute atomic E-state index is 0.0866. The van der Waals surface area contributed by atoms with Crippen LogP contribution in [0.2, 0.25) is 0 Å². The largest absolute Gasteiger partial charge is 0.399 e. The van der Waals surface area contributed by atoms with Crippen molar-refractivity contribution in [2.24, 2.45) is 0 Å². The molecule has 0 atom stereocenters. The van der Waals surface area contributed by atoms with E-state index in [2.05, 4.69) is 9.44 Å². The van der Waals surface area contributed by atoms with Gasteiger partial charge < -0.3 is 5.73 Å². The highest BCUT2D eigenvalue weighted by molar-refractivity contribution is 7.89. The van der Waals surface area contributed by atoms with E-state index in [1.807, 2.05) is 0 Å². The van der Waals surface area contributed by atoms with Gasteiger partial charge in [0.1, 0.15) is 0 Å². The fourth-order valence-corrected chi connectivity index (χ4v) is 2.96. The summed E-state index contributed by atoms with van der Waals surface area (Å²) in [6.45, 7) is 0.317. The van der Waals surface area contributed by atoms with Gasteiger partial charge in [0.25, 0.3) is 0 Å². The van der Waals surface area contributed by atoms with Gasteiger partial charge in [0, 0.05) is 18.8 Å². The first-order chi connectivity index (χ1) is 8.71. The van der Waals surface area contributed by atoms with Crippen molar-refractivity contribution in [2.75, 3.05) is 25.1 Å². The first-order valence-corrected chi connectivity index (χ1v) is 8.88. The lowest BCUT2D eigenvalue weighted by atomic mass is 10.3. The maximum absolute atomic E-state index is 11.8. The first kappa shape index (κ1) is 15.9. The Bertz CT molecular complexity index is 626. The summed E-state index contributed by atoms with van der Waals surface area (Å²) in [6, 6.07) is 5.94. The number of hydrogen-bond donors (Lipinski definition) is 3. The van der Waals surface area contributed by atoms with Crippen LogP contribution in [0.3, 0.4) is 0 Å². The number of anilines is 1. The molecule has 0 saturated heterocycles. The molecular formula is C10H17N3O4S2. The van der Waals surface area contributed by atoms with Crippen molar-refractivity contribution in [2.45, 2.75) is 11.3 Å². The molecule has 9 heteroatoms. The molecule has 0 aliphatic rings. The van der Waals surface area contributed by atoms with Crippen molar-refractivity contribution < 1.29 is 16.8 Å². The molecule has 0 spiro atoms. The third kappa shape index (κ3) is 6.01. The van der Waals surface area contributed by atoms with Gasteiger partial charge in [-0.15, -0.1) is 0 Å². The van der Waals surface area contributed by atoms with Gasteiger partial charge in [0.2, 0.25) is 20.0 Å². The van der Waals surface area contributed by atoms with Crippen molar-refractivity contribution in [3.8, 4) is 0 Å². The zero-order valence-corrected chi connectivity index (χ0v) is 12.1. The van der Waals surface area contributed by atoms with Crippen LogP contribution in [0.5, 0.6) is 0 Å². The zero-order valence-electron chi connectivity index (χ0n) is 10.5. The quantitative estimate of drug-likeness (QED) is 0.463. The Morgan fingerprint density at radius 1 is 1.11 bits per heavy atom. The number of hydrogen-bond acceptors (Lipinski definition) is 5. The van der Waals surface area contributed by atoms with E-state index in [0.717, 1.165) is 6.26 Å². The molecule has 0 saturated carbocycles. The second kappa shape index (κ2) is 6.33. The van der Waals surface area contributed by atoms with Gasteiger partial charge >= 0.3 is 0 Å². The molecule has 0 radical (unpaired) electrons. The third-order valence-electron chi connectivity index (χ3n) is 2.18. The van der Waals surface area contributed by atoms with E-state index < -0.39 is 20.0 Å². The lowest BCUT2D eigenvalue weighted by Gasteiger charge is -2.07. The molecule has 1 aromatic rings. The van der Waals surface area contributed by atoms with Crippen molar-refractivity contribution >= 4 is 25.7 Å². The first-order valence-electron chi connectivity index (χ1n) is 5.50. The summed E-state index contributed by atoms with van der Waals surface area (Å²) in [6.07, 6.45) is 1.40. The van der Waals surface area contributed by atoms with Gasteiger partial charge in [0.05, 0.1) is 11.2 Å². The Labute approximate surface area is 113 Å². The minimum Gasteiger partial charge on any atom is -0.399 e. The SMILES string of the molecule is CS(=O)(=O)NCCCNS(=O)(=O)c1cccc(N)c1. The van der Waals surface area contributed by atoms with Crippen LogP contribution in [0, 0.1) is 0 Å². The highest BCUT2D eigenvalue weighted by Gasteiger charge is 2.13. The predicted molar refractivity (Wildman–Crippen MR) is 73.5 cm³/mol. The molecule has 4 N–H and O–H groups in total. The molecule has 19 heavy (non-hydrogen) atoms. The average Bonchev–Trinajstić information content (AvgIpc) is 2.27. The van der Waals surface area contributed by atoms with Crippen molar-refractivity contribution in [1.82, 2.24) is 9.44 Å². The molecule has 0 amide bonds. The molecule has 0 unspecified atom stereocenters. The van der Waals surface area contributed by atoms with Gasteiger partial charge in [-0.25, -0.2) is 26.3 Å². The number of sulfonamides is 2. The Balaban J connectivity index is 2.48. The number of benzene rings is 1. The molecule has 1 aromatic carbocycles.